The van der Waals surface area contributed by atoms with E-state index in [1.165, 1.54) is 36.4 Å². The number of nitrogens with zero attached hydrogens (tertiary/aromatic N) is 12. The zero-order chi connectivity index (χ0) is 81.8. The van der Waals surface area contributed by atoms with Crippen molar-refractivity contribution < 1.29 is 45.8 Å². The van der Waals surface area contributed by atoms with Crippen molar-refractivity contribution >= 4 is 34.8 Å². The number of hydrogen-bond donors (Lipinski definition) is 5. The van der Waals surface area contributed by atoms with Gasteiger partial charge in [-0.3, -0.25) is 53.8 Å². The highest BCUT2D eigenvalue weighted by atomic mass is 19.4. The second-order valence-corrected chi connectivity index (χ2v) is 36.6. The topological polar surface area (TPSA) is 187 Å². The maximum Gasteiger partial charge on any atom is 0.404 e. The number of hydrogen-bond acceptors (Lipinski definition) is 17. The Morgan fingerprint density at radius 1 is 0.435 bits per heavy atom. The Balaban J connectivity index is 0.000000150. The maximum absolute atomic E-state index is 13.9. The number of carbonyl (C=O) groups is 3. The fourth-order valence-corrected chi connectivity index (χ4v) is 18.9. The molecule has 6 saturated heterocycles. The molecule has 3 aromatic heterocycles. The van der Waals surface area contributed by atoms with Gasteiger partial charge in [0.1, 0.15) is 23.5 Å². The third-order valence-corrected chi connectivity index (χ3v) is 24.9. The molecule has 9 atom stereocenters. The van der Waals surface area contributed by atoms with Crippen molar-refractivity contribution in [3.63, 3.8) is 0 Å². The molecule has 12 heterocycles. The van der Waals surface area contributed by atoms with Gasteiger partial charge in [0, 0.05) is 188 Å². The van der Waals surface area contributed by atoms with Crippen molar-refractivity contribution in [2.75, 3.05) is 146 Å². The van der Waals surface area contributed by atoms with Crippen LogP contribution in [0, 0.1) is 17.5 Å². The van der Waals surface area contributed by atoms with Crippen LogP contribution in [0.4, 0.5) is 43.4 Å². The first-order chi connectivity index (χ1) is 54.6. The van der Waals surface area contributed by atoms with E-state index in [0.717, 1.165) is 152 Å². The molecule has 5 N–H and O–H groups in total. The monoisotopic (exact) mass is 1590 g/mol. The molecule has 0 aliphatic carbocycles. The molecule has 624 valence electrons. The normalized spacial score (nSPS) is 26.1. The summed E-state index contributed by atoms with van der Waals surface area (Å²) >= 11 is 0. The Kier molecular flexibility index (Phi) is 27.1. The standard InChI is InChI=1S/C30H39F4N5O.C30H43FN6O.C29H40FN5O2/c1-20-16-38(24(15-35-20)17-37-11-5-4-6-26(37)30(32,33)34)18-27(40)39-19-29(2,3)28-25(39)13-22(14-36-28)12-21-7-9-23(31)10-8-21;1-20-16-36(26(13-32-20)17-35-14-21(2)34-22(3)15-35)18-28(38)37-19-30(4,5)29-27(37)11-24(12-33-29)10-23-6-8-25(31)9-7-23;1-20-16-34(24(15-31-20)17-33-10-8-25(36)9-11-33)18-27(37)35-19-29(2,3)28-26(35)13-22(14-32-28)12-21-4-6-23(30)7-5-21/h7-10,13-14,20,24,26,35H,4-6,11-12,15-19H2,1-3H3;6-9,11-12,20-22,26,32,34H,10,13-19H2,1-5H3;4-7,13-14,20,24-25,31,36H,8-12,15-19H2,1-3H3/t20-,24-,26?;20-,21-,22+,26-;20-,24-/m111/s1. The largest absolute Gasteiger partial charge is 0.404 e. The van der Waals surface area contributed by atoms with Crippen LogP contribution in [0.25, 0.3) is 0 Å². The summed E-state index contributed by atoms with van der Waals surface area (Å²) in [6, 6.07) is 26.4. The first-order valence-corrected chi connectivity index (χ1v) is 41.9. The molecular formula is C89H122F6N16O4. The molecule has 115 heavy (non-hydrogen) atoms. The fourth-order valence-electron chi connectivity index (χ4n) is 18.9. The molecule has 9 aliphatic rings. The van der Waals surface area contributed by atoms with Crippen LogP contribution in [0.2, 0.25) is 0 Å². The smallest absolute Gasteiger partial charge is 0.393 e. The molecule has 9 aliphatic heterocycles. The van der Waals surface area contributed by atoms with E-state index >= 15 is 0 Å². The molecular weight excluding hydrogens is 1470 g/mol. The predicted molar refractivity (Wildman–Crippen MR) is 440 cm³/mol. The van der Waals surface area contributed by atoms with Crippen LogP contribution in [-0.2, 0) is 49.9 Å². The molecule has 26 heteroatoms. The molecule has 3 aromatic carbocycles. The Labute approximate surface area is 676 Å². The van der Waals surface area contributed by atoms with Crippen molar-refractivity contribution in [1.29, 1.82) is 0 Å². The van der Waals surface area contributed by atoms with Crippen LogP contribution in [-0.4, -0.2) is 265 Å². The van der Waals surface area contributed by atoms with Crippen molar-refractivity contribution in [3.8, 4) is 0 Å². The molecule has 0 bridgehead atoms. The lowest BCUT2D eigenvalue weighted by molar-refractivity contribution is -0.193. The number of piperidine rings is 2. The Hall–Kier alpha value is -7.34. The Morgan fingerprint density at radius 2 is 0.774 bits per heavy atom. The zero-order valence-electron chi connectivity index (χ0n) is 69.3. The number of amides is 3. The molecule has 6 fully saturated rings. The lowest BCUT2D eigenvalue weighted by atomic mass is 9.91. The van der Waals surface area contributed by atoms with Gasteiger partial charge in [-0.25, -0.2) is 13.2 Å². The fraction of sp³-hybridized carbons (Fsp3) is 0.596. The quantitative estimate of drug-likeness (QED) is 0.0511. The number of alkyl halides is 3. The first-order valence-electron chi connectivity index (χ1n) is 41.9. The van der Waals surface area contributed by atoms with E-state index in [9.17, 15) is 45.8 Å². The minimum absolute atomic E-state index is 0.0716. The molecule has 1 unspecified atom stereocenters. The van der Waals surface area contributed by atoms with E-state index in [-0.39, 0.29) is 95.2 Å². The van der Waals surface area contributed by atoms with Gasteiger partial charge in [-0.1, -0.05) is 84.4 Å². The van der Waals surface area contributed by atoms with E-state index in [4.69, 9.17) is 15.0 Å². The lowest BCUT2D eigenvalue weighted by Gasteiger charge is -2.44. The number of likely N-dealkylation sites (tertiary alicyclic amines) is 2. The molecule has 3 amide bonds. The molecule has 20 nitrogen and oxygen atoms in total. The van der Waals surface area contributed by atoms with Gasteiger partial charge in [-0.2, -0.15) is 13.2 Å². The summed E-state index contributed by atoms with van der Waals surface area (Å²) in [5.41, 5.74) is 10.6. The molecule has 0 saturated carbocycles. The van der Waals surface area contributed by atoms with Crippen LogP contribution in [0.1, 0.15) is 159 Å². The van der Waals surface area contributed by atoms with E-state index < -0.39 is 12.2 Å². The summed E-state index contributed by atoms with van der Waals surface area (Å²) in [4.78, 5) is 74.9. The van der Waals surface area contributed by atoms with E-state index in [1.807, 2.05) is 41.4 Å². The predicted octanol–water partition coefficient (Wildman–Crippen LogP) is 9.85. The first kappa shape index (κ1) is 85.5. The SMILES string of the molecule is C[C@@H]1CN(CC(=O)N2CC(C)(C)c3ncc(Cc4ccc(F)cc4)cc32)[C@@H](CN2CCC(O)CC2)CN1.C[C@@H]1CN(CC(=O)N2CC(C)(C)c3ncc(Cc4ccc(F)cc4)cc32)[C@@H](CN2CCCCC2C(F)(F)F)CN1.C[C@@H]1CN(CC(=O)N2CC(C)(C)c3ncc(Cc4ccc(F)cc4)cc32)[C@@H](CN2C[C@@H](C)N[C@@H](C)C2)CN1. The van der Waals surface area contributed by atoms with Crippen molar-refractivity contribution in [2.45, 2.75) is 210 Å². The highest BCUT2D eigenvalue weighted by molar-refractivity contribution is 5.99. The minimum Gasteiger partial charge on any atom is -0.393 e. The van der Waals surface area contributed by atoms with Gasteiger partial charge in [0.25, 0.3) is 0 Å². The van der Waals surface area contributed by atoms with Crippen LogP contribution in [0.3, 0.4) is 0 Å². The molecule has 0 spiro atoms. The number of carbonyl (C=O) groups excluding carboxylic acids is 3. The van der Waals surface area contributed by atoms with Crippen LogP contribution in [0.15, 0.2) is 110 Å². The number of fused-ring (bicyclic) bond motifs is 3. The van der Waals surface area contributed by atoms with Gasteiger partial charge < -0.3 is 46.0 Å². The summed E-state index contributed by atoms with van der Waals surface area (Å²) < 4.78 is 81.4. The number of aromatic nitrogens is 3. The third-order valence-electron chi connectivity index (χ3n) is 24.9. The second-order valence-electron chi connectivity index (χ2n) is 36.6. The van der Waals surface area contributed by atoms with E-state index in [0.29, 0.717) is 108 Å². The highest BCUT2D eigenvalue weighted by Gasteiger charge is 2.48. The van der Waals surface area contributed by atoms with Crippen LogP contribution >= 0.6 is 0 Å². The summed E-state index contributed by atoms with van der Waals surface area (Å²) in [7, 11) is 0. The average molecular weight is 1590 g/mol. The van der Waals surface area contributed by atoms with Gasteiger partial charge in [0.15, 0.2) is 0 Å². The van der Waals surface area contributed by atoms with Crippen molar-refractivity contribution in [2.24, 2.45) is 0 Å². The molecule has 15 rings (SSSR count). The summed E-state index contributed by atoms with van der Waals surface area (Å²) in [6.45, 7) is 37.4. The minimum atomic E-state index is -4.25. The summed E-state index contributed by atoms with van der Waals surface area (Å²) in [5.74, 6) is -0.588. The lowest BCUT2D eigenvalue weighted by Crippen LogP contribution is -2.63. The van der Waals surface area contributed by atoms with Gasteiger partial charge in [-0.15, -0.1) is 0 Å². The number of halogens is 6. The Bertz CT molecular complexity index is 4290. The number of anilines is 3. The summed E-state index contributed by atoms with van der Waals surface area (Å²) in [5, 5.41) is 24.1. The third kappa shape index (κ3) is 21.6. The van der Waals surface area contributed by atoms with E-state index in [1.54, 1.807) is 46.2 Å². The van der Waals surface area contributed by atoms with Crippen molar-refractivity contribution in [1.82, 2.24) is 65.6 Å². The van der Waals surface area contributed by atoms with Crippen LogP contribution in [0.5, 0.6) is 0 Å². The number of benzene rings is 3. The Morgan fingerprint density at radius 3 is 1.12 bits per heavy atom. The maximum atomic E-state index is 13.9. The number of pyridine rings is 3. The van der Waals surface area contributed by atoms with Gasteiger partial charge >= 0.3 is 6.18 Å². The number of piperazine rings is 4. The van der Waals surface area contributed by atoms with Gasteiger partial charge in [-0.05, 0) is 174 Å². The average Bonchev–Trinajstić information content (AvgIpc) is 1.62. The number of nitrogens with one attached hydrogen (secondary N) is 4. The van der Waals surface area contributed by atoms with Crippen LogP contribution < -0.4 is 36.0 Å². The van der Waals surface area contributed by atoms with Gasteiger partial charge in [0.05, 0.1) is 59.9 Å². The van der Waals surface area contributed by atoms with Crippen molar-refractivity contribution in [3.05, 3.63) is 178 Å². The second kappa shape index (κ2) is 36.5. The van der Waals surface area contributed by atoms with Gasteiger partial charge in [0.2, 0.25) is 17.7 Å². The number of rotatable bonds is 18. The zero-order valence-corrected chi connectivity index (χ0v) is 69.3. The summed E-state index contributed by atoms with van der Waals surface area (Å²) in [6.07, 6.45) is 6.17. The number of aliphatic hydroxyl groups is 1. The highest BCUT2D eigenvalue weighted by Crippen LogP contribution is 2.44. The molecule has 0 radical (unpaired) electrons. The van der Waals surface area contributed by atoms with E-state index in [2.05, 4.69) is 127 Å². The number of aliphatic hydroxyl groups excluding tert-OH is 1. The molecule has 6 aromatic rings.